The van der Waals surface area contributed by atoms with Crippen molar-refractivity contribution in [3.63, 3.8) is 0 Å². The maximum Gasteiger partial charge on any atom is 0.196 e. The van der Waals surface area contributed by atoms with Crippen LogP contribution in [0.4, 0.5) is 0 Å². The van der Waals surface area contributed by atoms with Crippen molar-refractivity contribution in [1.82, 2.24) is 9.97 Å². The molecule has 5 rings (SSSR count). The third-order valence-electron chi connectivity index (χ3n) is 4.70. The fourth-order valence-corrected chi connectivity index (χ4v) is 3.51. The smallest absolute Gasteiger partial charge is 0.196 e. The fourth-order valence-electron chi connectivity index (χ4n) is 3.51. The predicted molar refractivity (Wildman–Crippen MR) is 95.1 cm³/mol. The number of hydrogen-bond donors (Lipinski definition) is 1. The Bertz CT molecular complexity index is 1210. The van der Waals surface area contributed by atoms with E-state index in [0.29, 0.717) is 16.7 Å². The van der Waals surface area contributed by atoms with E-state index in [0.717, 1.165) is 33.3 Å². The fraction of sp³-hybridized carbons (Fsp3) is 0. The van der Waals surface area contributed by atoms with Crippen LogP contribution in [-0.4, -0.2) is 15.8 Å². The minimum atomic E-state index is 0.0298. The zero-order chi connectivity index (χ0) is 17.0. The predicted octanol–water partition coefficient (Wildman–Crippen LogP) is 4.31. The van der Waals surface area contributed by atoms with Crippen molar-refractivity contribution in [1.29, 1.82) is 5.26 Å². The second kappa shape index (κ2) is 4.89. The molecule has 0 amide bonds. The van der Waals surface area contributed by atoms with Gasteiger partial charge in [-0.15, -0.1) is 0 Å². The average Bonchev–Trinajstić information content (AvgIpc) is 3.17. The topological polar surface area (TPSA) is 69.5 Å². The number of pyridine rings is 1. The highest BCUT2D eigenvalue weighted by atomic mass is 16.1. The first-order valence-electron chi connectivity index (χ1n) is 7.91. The van der Waals surface area contributed by atoms with Crippen LogP contribution in [0, 0.1) is 11.3 Å². The van der Waals surface area contributed by atoms with Gasteiger partial charge in [0.2, 0.25) is 0 Å². The summed E-state index contributed by atoms with van der Waals surface area (Å²) in [5.41, 5.74) is 6.64. The number of rotatable bonds is 1. The van der Waals surface area contributed by atoms with E-state index < -0.39 is 0 Å². The summed E-state index contributed by atoms with van der Waals surface area (Å²) in [6.45, 7) is 0. The Kier molecular flexibility index (Phi) is 2.68. The van der Waals surface area contributed by atoms with Gasteiger partial charge in [-0.1, -0.05) is 12.1 Å². The summed E-state index contributed by atoms with van der Waals surface area (Å²) >= 11 is 0. The summed E-state index contributed by atoms with van der Waals surface area (Å²) in [5, 5.41) is 9.94. The Morgan fingerprint density at radius 2 is 1.76 bits per heavy atom. The van der Waals surface area contributed by atoms with Crippen LogP contribution in [0.1, 0.15) is 21.5 Å². The average molecular weight is 321 g/mol. The molecule has 0 aliphatic heterocycles. The van der Waals surface area contributed by atoms with E-state index in [-0.39, 0.29) is 5.78 Å². The third kappa shape index (κ3) is 1.87. The Balaban J connectivity index is 1.76. The van der Waals surface area contributed by atoms with Crippen molar-refractivity contribution in [2.75, 3.05) is 0 Å². The van der Waals surface area contributed by atoms with Crippen LogP contribution < -0.4 is 0 Å². The molecular formula is C21H11N3O. The van der Waals surface area contributed by atoms with Crippen molar-refractivity contribution >= 4 is 16.7 Å². The van der Waals surface area contributed by atoms with Crippen LogP contribution in [-0.2, 0) is 0 Å². The monoisotopic (exact) mass is 321 g/mol. The van der Waals surface area contributed by atoms with Gasteiger partial charge in [0, 0.05) is 34.4 Å². The zero-order valence-electron chi connectivity index (χ0n) is 13.1. The van der Waals surface area contributed by atoms with Gasteiger partial charge < -0.3 is 4.98 Å². The number of nitrogens with one attached hydrogen (secondary N) is 1. The van der Waals surface area contributed by atoms with E-state index in [1.165, 1.54) is 0 Å². The Labute approximate surface area is 143 Å². The van der Waals surface area contributed by atoms with Crippen molar-refractivity contribution in [3.8, 4) is 28.5 Å². The number of aromatic amines is 1. The largest absolute Gasteiger partial charge is 0.354 e. The van der Waals surface area contributed by atoms with Gasteiger partial charge in [-0.2, -0.15) is 5.26 Å². The third-order valence-corrected chi connectivity index (χ3v) is 4.70. The Morgan fingerprint density at radius 3 is 2.56 bits per heavy atom. The number of aromatic nitrogens is 2. The molecule has 0 bridgehead atoms. The number of hydrogen-bond acceptors (Lipinski definition) is 3. The summed E-state index contributed by atoms with van der Waals surface area (Å²) in [5.74, 6) is 0.0298. The van der Waals surface area contributed by atoms with E-state index in [1.807, 2.05) is 36.4 Å². The molecule has 2 aromatic heterocycles. The van der Waals surface area contributed by atoms with Gasteiger partial charge in [-0.05, 0) is 47.5 Å². The molecular weight excluding hydrogens is 310 g/mol. The minimum Gasteiger partial charge on any atom is -0.354 e. The lowest BCUT2D eigenvalue weighted by Gasteiger charge is -2.05. The van der Waals surface area contributed by atoms with Crippen LogP contribution in [0.2, 0.25) is 0 Å². The molecule has 2 heterocycles. The maximum atomic E-state index is 12.9. The molecule has 4 nitrogen and oxygen atoms in total. The SMILES string of the molecule is N#Cc1ccc2c3c([nH]c2c1)-c1cc(-c2ccncc2)ccc1C3=O. The molecule has 0 spiro atoms. The van der Waals surface area contributed by atoms with Crippen LogP contribution >= 0.6 is 0 Å². The molecule has 0 saturated heterocycles. The number of carbonyl (C=O) groups excluding carboxylic acids is 1. The second-order valence-corrected chi connectivity index (χ2v) is 6.07. The first-order valence-corrected chi connectivity index (χ1v) is 7.91. The molecule has 0 fully saturated rings. The lowest BCUT2D eigenvalue weighted by molar-refractivity contribution is 0.104. The number of nitriles is 1. The number of nitrogens with zero attached hydrogens (tertiary/aromatic N) is 2. The molecule has 25 heavy (non-hydrogen) atoms. The standard InChI is InChI=1S/C21H11N3O/c22-11-12-1-3-16-18(9-12)24-20-17-10-14(13-5-7-23-8-6-13)2-4-15(17)21(25)19(16)20/h1-10,24H. The molecule has 4 aromatic rings. The summed E-state index contributed by atoms with van der Waals surface area (Å²) in [6.07, 6.45) is 3.51. The number of carbonyl (C=O) groups is 1. The van der Waals surface area contributed by atoms with E-state index in [4.69, 9.17) is 5.26 Å². The molecule has 0 atom stereocenters. The van der Waals surface area contributed by atoms with Gasteiger partial charge in [-0.3, -0.25) is 9.78 Å². The van der Waals surface area contributed by atoms with Crippen molar-refractivity contribution in [3.05, 3.63) is 77.6 Å². The van der Waals surface area contributed by atoms with E-state index in [1.54, 1.807) is 24.5 Å². The van der Waals surface area contributed by atoms with E-state index in [2.05, 4.69) is 16.0 Å². The molecule has 116 valence electrons. The molecule has 1 N–H and O–H groups in total. The van der Waals surface area contributed by atoms with Gasteiger partial charge in [0.25, 0.3) is 0 Å². The second-order valence-electron chi connectivity index (χ2n) is 6.07. The minimum absolute atomic E-state index is 0.0298. The quantitative estimate of drug-likeness (QED) is 0.500. The Morgan fingerprint density at radius 1 is 0.920 bits per heavy atom. The van der Waals surface area contributed by atoms with Crippen LogP contribution in [0.5, 0.6) is 0 Å². The van der Waals surface area contributed by atoms with Gasteiger partial charge in [0.1, 0.15) is 0 Å². The maximum absolute atomic E-state index is 12.9. The number of fused-ring (bicyclic) bond motifs is 5. The van der Waals surface area contributed by atoms with Crippen molar-refractivity contribution in [2.45, 2.75) is 0 Å². The molecule has 2 aromatic carbocycles. The van der Waals surface area contributed by atoms with E-state index >= 15 is 0 Å². The summed E-state index contributed by atoms with van der Waals surface area (Å²) in [4.78, 5) is 20.3. The van der Waals surface area contributed by atoms with Crippen molar-refractivity contribution < 1.29 is 4.79 Å². The van der Waals surface area contributed by atoms with Crippen LogP contribution in [0.3, 0.4) is 0 Å². The van der Waals surface area contributed by atoms with Gasteiger partial charge in [-0.25, -0.2) is 0 Å². The highest BCUT2D eigenvalue weighted by Gasteiger charge is 2.31. The summed E-state index contributed by atoms with van der Waals surface area (Å²) < 4.78 is 0. The molecule has 0 unspecified atom stereocenters. The molecule has 4 heteroatoms. The number of benzene rings is 2. The van der Waals surface area contributed by atoms with Crippen molar-refractivity contribution in [2.24, 2.45) is 0 Å². The summed E-state index contributed by atoms with van der Waals surface area (Å²) in [6, 6.07) is 17.3. The lowest BCUT2D eigenvalue weighted by atomic mass is 10.0. The highest BCUT2D eigenvalue weighted by Crippen LogP contribution is 2.42. The first kappa shape index (κ1) is 13.7. The number of ketones is 1. The molecule has 0 saturated carbocycles. The number of H-pyrrole nitrogens is 1. The van der Waals surface area contributed by atoms with Gasteiger partial charge in [0.15, 0.2) is 5.78 Å². The molecule has 0 radical (unpaired) electrons. The highest BCUT2D eigenvalue weighted by molar-refractivity contribution is 6.27. The summed E-state index contributed by atoms with van der Waals surface area (Å²) in [7, 11) is 0. The Hall–Kier alpha value is -3.71. The molecule has 1 aliphatic carbocycles. The molecule has 1 aliphatic rings. The van der Waals surface area contributed by atoms with Gasteiger partial charge in [0.05, 0.1) is 22.9 Å². The van der Waals surface area contributed by atoms with Gasteiger partial charge >= 0.3 is 0 Å². The normalized spacial score (nSPS) is 12.0. The zero-order valence-corrected chi connectivity index (χ0v) is 13.1. The lowest BCUT2D eigenvalue weighted by Crippen LogP contribution is -1.95. The van der Waals surface area contributed by atoms with Crippen LogP contribution in [0.15, 0.2) is 60.9 Å². The van der Waals surface area contributed by atoms with E-state index in [9.17, 15) is 4.79 Å². The first-order chi connectivity index (χ1) is 12.3. The van der Waals surface area contributed by atoms with Crippen LogP contribution in [0.25, 0.3) is 33.3 Å².